The van der Waals surface area contributed by atoms with E-state index in [-0.39, 0.29) is 0 Å². The summed E-state index contributed by atoms with van der Waals surface area (Å²) in [6, 6.07) is 0. The second-order valence-corrected chi connectivity index (χ2v) is 4.26. The molecule has 4 nitrogen and oxygen atoms in total. The van der Waals surface area contributed by atoms with Crippen LogP contribution in [0.5, 0.6) is 0 Å². The van der Waals surface area contributed by atoms with E-state index in [0.29, 0.717) is 13.1 Å². The van der Waals surface area contributed by atoms with Crippen LogP contribution >= 0.6 is 0 Å². The van der Waals surface area contributed by atoms with Crippen molar-refractivity contribution in [3.8, 4) is 0 Å². The topological polar surface area (TPSA) is 58.2 Å². The van der Waals surface area contributed by atoms with Gasteiger partial charge in [-0.2, -0.15) is 13.1 Å². The molecule has 0 aliphatic carbocycles. The summed E-state index contributed by atoms with van der Waals surface area (Å²) in [5.74, 6) is 0. The lowest BCUT2D eigenvalue weighted by molar-refractivity contribution is 0.569. The van der Waals surface area contributed by atoms with Gasteiger partial charge < -0.3 is 0 Å². The Hall–Kier alpha value is -0.390. The highest BCUT2D eigenvalue weighted by Crippen LogP contribution is 1.85. The van der Waals surface area contributed by atoms with Crippen molar-refractivity contribution in [2.24, 2.45) is 0 Å². The SMILES string of the molecule is C=C(C)CNS(=O)(=O)NCCC. The van der Waals surface area contributed by atoms with Crippen LogP contribution in [0.25, 0.3) is 0 Å². The molecule has 0 rings (SSSR count). The predicted molar refractivity (Wildman–Crippen MR) is 50.0 cm³/mol. The van der Waals surface area contributed by atoms with Crippen molar-refractivity contribution in [2.45, 2.75) is 20.3 Å². The third-order valence-corrected chi connectivity index (χ3v) is 2.21. The van der Waals surface area contributed by atoms with E-state index >= 15 is 0 Å². The summed E-state index contributed by atoms with van der Waals surface area (Å²) in [7, 11) is -3.30. The zero-order valence-corrected chi connectivity index (χ0v) is 8.37. The summed E-state index contributed by atoms with van der Waals surface area (Å²) in [6.07, 6.45) is 0.786. The van der Waals surface area contributed by atoms with Crippen molar-refractivity contribution < 1.29 is 8.42 Å². The van der Waals surface area contributed by atoms with Gasteiger partial charge in [0, 0.05) is 13.1 Å². The fraction of sp³-hybridized carbons (Fsp3) is 0.714. The largest absolute Gasteiger partial charge is 0.277 e. The van der Waals surface area contributed by atoms with Gasteiger partial charge in [0.15, 0.2) is 0 Å². The number of rotatable bonds is 6. The van der Waals surface area contributed by atoms with Gasteiger partial charge >= 0.3 is 0 Å². The highest BCUT2D eigenvalue weighted by molar-refractivity contribution is 7.87. The fourth-order valence-corrected chi connectivity index (χ4v) is 1.52. The molecule has 0 fully saturated rings. The van der Waals surface area contributed by atoms with Crippen molar-refractivity contribution >= 4 is 10.2 Å². The van der Waals surface area contributed by atoms with Gasteiger partial charge in [-0.05, 0) is 13.3 Å². The van der Waals surface area contributed by atoms with E-state index in [0.717, 1.165) is 12.0 Å². The molecule has 12 heavy (non-hydrogen) atoms. The van der Waals surface area contributed by atoms with Gasteiger partial charge in [0.2, 0.25) is 0 Å². The van der Waals surface area contributed by atoms with Gasteiger partial charge in [0.05, 0.1) is 0 Å². The molecule has 0 aromatic carbocycles. The molecule has 5 heteroatoms. The van der Waals surface area contributed by atoms with E-state index < -0.39 is 10.2 Å². The summed E-state index contributed by atoms with van der Waals surface area (Å²) in [5.41, 5.74) is 0.789. The molecular weight excluding hydrogens is 176 g/mol. The third-order valence-electron chi connectivity index (χ3n) is 1.11. The van der Waals surface area contributed by atoms with Gasteiger partial charge in [0.1, 0.15) is 0 Å². The highest BCUT2D eigenvalue weighted by atomic mass is 32.2. The predicted octanol–water partition coefficient (Wildman–Crippen LogP) is 0.396. The van der Waals surface area contributed by atoms with Gasteiger partial charge in [-0.1, -0.05) is 19.1 Å². The zero-order valence-electron chi connectivity index (χ0n) is 7.55. The summed E-state index contributed by atoms with van der Waals surface area (Å²) in [4.78, 5) is 0. The van der Waals surface area contributed by atoms with Crippen LogP contribution in [0.2, 0.25) is 0 Å². The number of hydrogen-bond donors (Lipinski definition) is 2. The molecule has 0 heterocycles. The lowest BCUT2D eigenvalue weighted by Crippen LogP contribution is -2.37. The average Bonchev–Trinajstić information content (AvgIpc) is 1.98. The zero-order chi connectivity index (χ0) is 9.61. The molecule has 0 aromatic rings. The van der Waals surface area contributed by atoms with E-state index in [4.69, 9.17) is 0 Å². The van der Waals surface area contributed by atoms with Crippen molar-refractivity contribution in [3.63, 3.8) is 0 Å². The number of hydrogen-bond acceptors (Lipinski definition) is 2. The van der Waals surface area contributed by atoms with Gasteiger partial charge in [-0.3, -0.25) is 0 Å². The third kappa shape index (κ3) is 6.33. The summed E-state index contributed by atoms with van der Waals surface area (Å²) < 4.78 is 26.8. The van der Waals surface area contributed by atoms with Crippen LogP contribution in [0, 0.1) is 0 Å². The average molecular weight is 192 g/mol. The van der Waals surface area contributed by atoms with Crippen LogP contribution < -0.4 is 9.44 Å². The monoisotopic (exact) mass is 192 g/mol. The Morgan fingerprint density at radius 2 is 2.00 bits per heavy atom. The van der Waals surface area contributed by atoms with E-state index in [2.05, 4.69) is 16.0 Å². The lowest BCUT2D eigenvalue weighted by atomic mass is 10.4. The molecular formula is C7H16N2O2S. The minimum absolute atomic E-state index is 0.291. The molecule has 72 valence electrons. The Balaban J connectivity index is 3.80. The quantitative estimate of drug-likeness (QED) is 0.598. The first-order chi connectivity index (χ1) is 5.48. The summed E-state index contributed by atoms with van der Waals surface area (Å²) in [5, 5.41) is 0. The maximum Gasteiger partial charge on any atom is 0.277 e. The Morgan fingerprint density at radius 3 is 2.42 bits per heavy atom. The van der Waals surface area contributed by atoms with E-state index in [1.54, 1.807) is 6.92 Å². The molecule has 0 saturated carbocycles. The minimum Gasteiger partial charge on any atom is -0.202 e. The maximum atomic E-state index is 11.0. The Bertz CT molecular complexity index is 234. The first-order valence-electron chi connectivity index (χ1n) is 3.86. The standard InChI is InChI=1S/C7H16N2O2S/c1-4-5-8-12(10,11)9-6-7(2)3/h8-9H,2,4-6H2,1,3H3. The van der Waals surface area contributed by atoms with Crippen molar-refractivity contribution in [3.05, 3.63) is 12.2 Å². The summed E-state index contributed by atoms with van der Waals surface area (Å²) >= 11 is 0. The van der Waals surface area contributed by atoms with E-state index in [9.17, 15) is 8.42 Å². The first-order valence-corrected chi connectivity index (χ1v) is 5.35. The normalized spacial score (nSPS) is 11.5. The molecule has 0 amide bonds. The first kappa shape index (κ1) is 11.6. The van der Waals surface area contributed by atoms with Crippen molar-refractivity contribution in [1.82, 2.24) is 9.44 Å². The molecule has 0 aliphatic rings. The van der Waals surface area contributed by atoms with E-state index in [1.165, 1.54) is 0 Å². The molecule has 0 aromatic heterocycles. The van der Waals surface area contributed by atoms with Crippen LogP contribution in [0.15, 0.2) is 12.2 Å². The van der Waals surface area contributed by atoms with E-state index in [1.807, 2.05) is 6.92 Å². The molecule has 0 bridgehead atoms. The van der Waals surface area contributed by atoms with Crippen LogP contribution in [-0.4, -0.2) is 21.5 Å². The Morgan fingerprint density at radius 1 is 1.42 bits per heavy atom. The molecule has 0 radical (unpaired) electrons. The summed E-state index contributed by atoms with van der Waals surface area (Å²) in [6.45, 7) is 8.01. The number of nitrogens with one attached hydrogen (secondary N) is 2. The van der Waals surface area contributed by atoms with Crippen LogP contribution in [0.4, 0.5) is 0 Å². The molecule has 0 atom stereocenters. The highest BCUT2D eigenvalue weighted by Gasteiger charge is 2.05. The van der Waals surface area contributed by atoms with Crippen LogP contribution in [0.1, 0.15) is 20.3 Å². The van der Waals surface area contributed by atoms with Gasteiger partial charge in [0.25, 0.3) is 10.2 Å². The second-order valence-electron chi connectivity index (χ2n) is 2.68. The molecule has 0 saturated heterocycles. The smallest absolute Gasteiger partial charge is 0.202 e. The molecule has 0 aliphatic heterocycles. The molecule has 0 spiro atoms. The van der Waals surface area contributed by atoms with Crippen molar-refractivity contribution in [2.75, 3.05) is 13.1 Å². The van der Waals surface area contributed by atoms with Crippen molar-refractivity contribution in [1.29, 1.82) is 0 Å². The Kier molecular flexibility index (Phi) is 5.12. The second kappa shape index (κ2) is 5.29. The minimum atomic E-state index is -3.30. The van der Waals surface area contributed by atoms with Gasteiger partial charge in [-0.25, -0.2) is 4.72 Å². The molecule has 0 unspecified atom stereocenters. The molecule has 2 N–H and O–H groups in total. The van der Waals surface area contributed by atoms with Crippen LogP contribution in [-0.2, 0) is 10.2 Å². The lowest BCUT2D eigenvalue weighted by Gasteiger charge is -2.06. The Labute approximate surface area is 74.2 Å². The van der Waals surface area contributed by atoms with Gasteiger partial charge in [-0.15, -0.1) is 0 Å². The van der Waals surface area contributed by atoms with Crippen LogP contribution in [0.3, 0.4) is 0 Å². The fourth-order valence-electron chi connectivity index (χ4n) is 0.506. The maximum absolute atomic E-state index is 11.0.